The molecule has 2 rings (SSSR count). The van der Waals surface area contributed by atoms with Gasteiger partial charge in [-0.15, -0.1) is 12.4 Å². The number of halogens is 1. The molecular weight excluding hydrogens is 314 g/mol. The summed E-state index contributed by atoms with van der Waals surface area (Å²) in [5.41, 5.74) is 5.97. The maximum Gasteiger partial charge on any atom is 0.220 e. The Balaban J connectivity index is 0.00000264. The third-order valence-corrected chi connectivity index (χ3v) is 5.13. The molecule has 0 bridgehead atoms. The highest BCUT2D eigenvalue weighted by atomic mass is 35.5. The highest BCUT2D eigenvalue weighted by Crippen LogP contribution is 2.27. The molecule has 2 aliphatic rings. The molecule has 5 nitrogen and oxygen atoms in total. The Morgan fingerprint density at radius 1 is 0.826 bits per heavy atom. The van der Waals surface area contributed by atoms with Gasteiger partial charge in [-0.2, -0.15) is 0 Å². The van der Waals surface area contributed by atoms with Crippen LogP contribution in [-0.2, 0) is 9.59 Å². The van der Waals surface area contributed by atoms with Gasteiger partial charge in [0.1, 0.15) is 0 Å². The molecule has 0 saturated heterocycles. The Bertz CT molecular complexity index is 373. The third kappa shape index (κ3) is 7.53. The third-order valence-electron chi connectivity index (χ3n) is 5.13. The van der Waals surface area contributed by atoms with Crippen LogP contribution in [0.25, 0.3) is 0 Å². The number of nitrogens with two attached hydrogens (primary N) is 1. The Kier molecular flexibility index (Phi) is 9.56. The largest absolute Gasteiger partial charge is 0.354 e. The first-order chi connectivity index (χ1) is 10.6. The first-order valence-electron chi connectivity index (χ1n) is 8.94. The summed E-state index contributed by atoms with van der Waals surface area (Å²) < 4.78 is 0. The van der Waals surface area contributed by atoms with Crippen molar-refractivity contribution in [2.45, 2.75) is 70.3 Å². The summed E-state index contributed by atoms with van der Waals surface area (Å²) in [6.07, 6.45) is 10.6. The summed E-state index contributed by atoms with van der Waals surface area (Å²) in [7, 11) is 0. The van der Waals surface area contributed by atoms with Gasteiger partial charge in [0.15, 0.2) is 0 Å². The summed E-state index contributed by atoms with van der Waals surface area (Å²) in [6, 6.07) is 0.181. The smallest absolute Gasteiger partial charge is 0.220 e. The zero-order valence-corrected chi connectivity index (χ0v) is 14.8. The molecule has 0 aromatic heterocycles. The predicted octanol–water partition coefficient (Wildman–Crippen LogP) is 2.13. The number of amides is 2. The molecule has 2 saturated carbocycles. The summed E-state index contributed by atoms with van der Waals surface area (Å²) in [6.45, 7) is 1.03. The highest BCUT2D eigenvalue weighted by Gasteiger charge is 2.25. The Hall–Kier alpha value is -0.810. The maximum absolute atomic E-state index is 11.8. The number of hydrogen-bond acceptors (Lipinski definition) is 3. The van der Waals surface area contributed by atoms with Crippen LogP contribution in [0.4, 0.5) is 0 Å². The molecular formula is C17H32ClN3O2. The lowest BCUT2D eigenvalue weighted by Crippen LogP contribution is -2.37. The van der Waals surface area contributed by atoms with Crippen LogP contribution in [0.15, 0.2) is 0 Å². The van der Waals surface area contributed by atoms with E-state index < -0.39 is 0 Å². The van der Waals surface area contributed by atoms with E-state index in [0.717, 1.165) is 19.3 Å². The maximum atomic E-state index is 11.8. The molecule has 2 atom stereocenters. The zero-order chi connectivity index (χ0) is 15.8. The van der Waals surface area contributed by atoms with Gasteiger partial charge < -0.3 is 16.4 Å². The van der Waals surface area contributed by atoms with Crippen molar-refractivity contribution in [3.8, 4) is 0 Å². The number of hydrogen-bond donors (Lipinski definition) is 3. The van der Waals surface area contributed by atoms with Crippen LogP contribution in [0.2, 0.25) is 0 Å². The standard InChI is InChI=1S/C17H31N3O2.ClH/c18-15-8-4-7-14(15)12-17(22)20-10-9-19-16(21)11-13-5-2-1-3-6-13;/h13-15H,1-12,18H2,(H,19,21)(H,20,22);1H/t14-,15+;/m0./s1. The molecule has 23 heavy (non-hydrogen) atoms. The molecule has 2 fully saturated rings. The first-order valence-corrected chi connectivity index (χ1v) is 8.94. The summed E-state index contributed by atoms with van der Waals surface area (Å²) in [4.78, 5) is 23.7. The van der Waals surface area contributed by atoms with Crippen LogP contribution in [0.3, 0.4) is 0 Å². The van der Waals surface area contributed by atoms with Gasteiger partial charge in [0.05, 0.1) is 0 Å². The van der Waals surface area contributed by atoms with Crippen LogP contribution in [-0.4, -0.2) is 30.9 Å². The molecule has 0 aromatic carbocycles. The van der Waals surface area contributed by atoms with Gasteiger partial charge in [-0.3, -0.25) is 9.59 Å². The minimum Gasteiger partial charge on any atom is -0.354 e. The summed E-state index contributed by atoms with van der Waals surface area (Å²) >= 11 is 0. The van der Waals surface area contributed by atoms with Crippen LogP contribution in [0.1, 0.15) is 64.2 Å². The van der Waals surface area contributed by atoms with Crippen molar-refractivity contribution in [3.05, 3.63) is 0 Å². The lowest BCUT2D eigenvalue weighted by Gasteiger charge is -2.20. The first kappa shape index (κ1) is 20.2. The van der Waals surface area contributed by atoms with E-state index in [1.54, 1.807) is 0 Å². The molecule has 0 unspecified atom stereocenters. The fourth-order valence-electron chi connectivity index (χ4n) is 3.76. The Morgan fingerprint density at radius 3 is 2.00 bits per heavy atom. The number of carbonyl (C=O) groups is 2. The molecule has 6 heteroatoms. The molecule has 0 aromatic rings. The van der Waals surface area contributed by atoms with E-state index in [9.17, 15) is 9.59 Å². The molecule has 2 aliphatic carbocycles. The van der Waals surface area contributed by atoms with E-state index in [1.165, 1.54) is 32.1 Å². The average molecular weight is 346 g/mol. The van der Waals surface area contributed by atoms with Crippen LogP contribution >= 0.6 is 12.4 Å². The number of nitrogens with one attached hydrogen (secondary N) is 2. The molecule has 0 heterocycles. The quantitative estimate of drug-likeness (QED) is 0.618. The van der Waals surface area contributed by atoms with Gasteiger partial charge in [0.2, 0.25) is 11.8 Å². The second-order valence-corrected chi connectivity index (χ2v) is 6.97. The Morgan fingerprint density at radius 2 is 1.43 bits per heavy atom. The zero-order valence-electron chi connectivity index (χ0n) is 14.0. The molecule has 0 aliphatic heterocycles. The van der Waals surface area contributed by atoms with Gasteiger partial charge in [-0.1, -0.05) is 25.7 Å². The van der Waals surface area contributed by atoms with Crippen LogP contribution in [0, 0.1) is 11.8 Å². The lowest BCUT2D eigenvalue weighted by molar-refractivity contribution is -0.124. The van der Waals surface area contributed by atoms with Crippen molar-refractivity contribution in [1.29, 1.82) is 0 Å². The van der Waals surface area contributed by atoms with Crippen molar-refractivity contribution in [1.82, 2.24) is 10.6 Å². The number of rotatable bonds is 7. The van der Waals surface area contributed by atoms with Crippen molar-refractivity contribution in [2.75, 3.05) is 13.1 Å². The normalized spacial score (nSPS) is 24.7. The van der Waals surface area contributed by atoms with Gasteiger partial charge in [-0.25, -0.2) is 0 Å². The summed E-state index contributed by atoms with van der Waals surface area (Å²) in [5.74, 6) is 1.08. The van der Waals surface area contributed by atoms with Gasteiger partial charge in [-0.05, 0) is 37.5 Å². The molecule has 4 N–H and O–H groups in total. The fraction of sp³-hybridized carbons (Fsp3) is 0.882. The van der Waals surface area contributed by atoms with Crippen LogP contribution < -0.4 is 16.4 Å². The molecule has 0 radical (unpaired) electrons. The van der Waals surface area contributed by atoms with E-state index in [4.69, 9.17) is 5.73 Å². The van der Waals surface area contributed by atoms with Crippen molar-refractivity contribution in [3.63, 3.8) is 0 Å². The SMILES string of the molecule is Cl.N[C@@H]1CCC[C@H]1CC(=O)NCCNC(=O)CC1CCCCC1. The topological polar surface area (TPSA) is 84.2 Å². The van der Waals surface area contributed by atoms with E-state index in [1.807, 2.05) is 0 Å². The van der Waals surface area contributed by atoms with Crippen molar-refractivity contribution < 1.29 is 9.59 Å². The minimum absolute atomic E-state index is 0. The van der Waals surface area contributed by atoms with Gasteiger partial charge in [0, 0.05) is 32.0 Å². The second kappa shape index (κ2) is 10.9. The van der Waals surface area contributed by atoms with E-state index >= 15 is 0 Å². The van der Waals surface area contributed by atoms with Gasteiger partial charge >= 0.3 is 0 Å². The monoisotopic (exact) mass is 345 g/mol. The van der Waals surface area contributed by atoms with Gasteiger partial charge in [0.25, 0.3) is 0 Å². The van der Waals surface area contributed by atoms with Crippen molar-refractivity contribution >= 4 is 24.2 Å². The van der Waals surface area contributed by atoms with Crippen LogP contribution in [0.5, 0.6) is 0 Å². The molecule has 2 amide bonds. The minimum atomic E-state index is 0. The number of carbonyl (C=O) groups excluding carboxylic acids is 2. The predicted molar refractivity (Wildman–Crippen MR) is 94.4 cm³/mol. The van der Waals surface area contributed by atoms with E-state index in [0.29, 0.717) is 37.8 Å². The summed E-state index contributed by atoms with van der Waals surface area (Å²) in [5, 5.41) is 5.79. The second-order valence-electron chi connectivity index (χ2n) is 6.97. The Labute approximate surface area is 145 Å². The lowest BCUT2D eigenvalue weighted by atomic mass is 9.87. The van der Waals surface area contributed by atoms with Crippen molar-refractivity contribution in [2.24, 2.45) is 17.6 Å². The highest BCUT2D eigenvalue weighted by molar-refractivity contribution is 5.85. The van der Waals surface area contributed by atoms with E-state index in [-0.39, 0.29) is 30.3 Å². The molecule has 134 valence electrons. The fourth-order valence-corrected chi connectivity index (χ4v) is 3.76. The molecule has 0 spiro atoms. The average Bonchev–Trinajstić information content (AvgIpc) is 2.90. The van der Waals surface area contributed by atoms with E-state index in [2.05, 4.69) is 10.6 Å².